The number of aromatic hydroxyl groups is 1. The van der Waals surface area contributed by atoms with Crippen LogP contribution in [0.4, 0.5) is 0 Å². The molecule has 1 heterocycles. The van der Waals surface area contributed by atoms with Crippen molar-refractivity contribution in [2.24, 2.45) is 0 Å². The number of hydrogen-bond acceptors (Lipinski definition) is 5. The van der Waals surface area contributed by atoms with E-state index in [1.165, 1.54) is 12.1 Å². The molecule has 0 unspecified atom stereocenters. The Morgan fingerprint density at radius 1 is 1.24 bits per heavy atom. The van der Waals surface area contributed by atoms with Gasteiger partial charge in [-0.05, 0) is 38.0 Å². The molecule has 1 aliphatic heterocycles. The third kappa shape index (κ3) is 5.77. The number of ether oxygens (including phenoxy) is 1. The van der Waals surface area contributed by atoms with E-state index in [9.17, 15) is 19.5 Å². The second-order valence-corrected chi connectivity index (χ2v) is 5.98. The smallest absolute Gasteiger partial charge is 0.306 e. The molecule has 0 aromatic heterocycles. The van der Waals surface area contributed by atoms with Gasteiger partial charge in [0.15, 0.2) is 0 Å². The van der Waals surface area contributed by atoms with Crippen LogP contribution in [0.1, 0.15) is 43.0 Å². The summed E-state index contributed by atoms with van der Waals surface area (Å²) in [7, 11) is 0. The number of phenols is 1. The highest BCUT2D eigenvalue weighted by Crippen LogP contribution is 2.15. The molecule has 2 rings (SSSR count). The zero-order chi connectivity index (χ0) is 18.2. The van der Waals surface area contributed by atoms with Crippen molar-refractivity contribution in [1.82, 2.24) is 10.2 Å². The first-order valence-electron chi connectivity index (χ1n) is 8.53. The van der Waals surface area contributed by atoms with Gasteiger partial charge in [-0.1, -0.05) is 6.07 Å². The highest BCUT2D eigenvalue weighted by molar-refractivity contribution is 5.94. The number of likely N-dealkylation sites (tertiary alicyclic amines) is 1. The van der Waals surface area contributed by atoms with E-state index < -0.39 is 0 Å². The Kier molecular flexibility index (Phi) is 6.80. The average Bonchev–Trinajstić information content (AvgIpc) is 2.60. The maximum Gasteiger partial charge on any atom is 0.306 e. The van der Waals surface area contributed by atoms with Crippen LogP contribution in [0.3, 0.4) is 0 Å². The molecule has 2 amide bonds. The molecule has 1 aromatic rings. The Morgan fingerprint density at radius 3 is 2.60 bits per heavy atom. The van der Waals surface area contributed by atoms with Crippen LogP contribution in [-0.4, -0.2) is 53.5 Å². The lowest BCUT2D eigenvalue weighted by Gasteiger charge is -2.32. The molecule has 1 saturated heterocycles. The molecule has 0 radical (unpaired) electrons. The van der Waals surface area contributed by atoms with Gasteiger partial charge in [0.2, 0.25) is 5.91 Å². The van der Waals surface area contributed by atoms with E-state index >= 15 is 0 Å². The maximum absolute atomic E-state index is 12.2. The lowest BCUT2D eigenvalue weighted by atomic mass is 10.0. The summed E-state index contributed by atoms with van der Waals surface area (Å²) in [5.41, 5.74) is 0.410. The van der Waals surface area contributed by atoms with Gasteiger partial charge in [-0.25, -0.2) is 0 Å². The first kappa shape index (κ1) is 18.8. The number of amides is 2. The van der Waals surface area contributed by atoms with Crippen molar-refractivity contribution in [2.45, 2.75) is 38.6 Å². The SMILES string of the molecule is CCOC(=O)CCC(=O)N1CCC(NC(=O)c2cccc(O)c2)CC1. The normalized spacial score (nSPS) is 14.8. The second kappa shape index (κ2) is 9.05. The van der Waals surface area contributed by atoms with Gasteiger partial charge in [-0.3, -0.25) is 14.4 Å². The fourth-order valence-electron chi connectivity index (χ4n) is 2.79. The first-order valence-corrected chi connectivity index (χ1v) is 8.53. The van der Waals surface area contributed by atoms with Crippen LogP contribution in [0.25, 0.3) is 0 Å². The molecule has 0 aliphatic carbocycles. The van der Waals surface area contributed by atoms with Gasteiger partial charge in [0.05, 0.1) is 13.0 Å². The predicted molar refractivity (Wildman–Crippen MR) is 91.0 cm³/mol. The molecule has 25 heavy (non-hydrogen) atoms. The van der Waals surface area contributed by atoms with E-state index in [1.807, 2.05) is 0 Å². The molecule has 1 fully saturated rings. The number of hydrogen-bond donors (Lipinski definition) is 2. The third-order valence-corrected chi connectivity index (χ3v) is 4.14. The van der Waals surface area contributed by atoms with Crippen molar-refractivity contribution in [1.29, 1.82) is 0 Å². The monoisotopic (exact) mass is 348 g/mol. The van der Waals surface area contributed by atoms with E-state index in [4.69, 9.17) is 4.74 Å². The number of rotatable bonds is 6. The largest absolute Gasteiger partial charge is 0.508 e. The predicted octanol–water partition coefficient (Wildman–Crippen LogP) is 1.46. The number of piperidine rings is 1. The fraction of sp³-hybridized carbons (Fsp3) is 0.500. The van der Waals surface area contributed by atoms with Gasteiger partial charge in [0, 0.05) is 31.1 Å². The van der Waals surface area contributed by atoms with Gasteiger partial charge >= 0.3 is 5.97 Å². The van der Waals surface area contributed by atoms with E-state index in [0.29, 0.717) is 38.1 Å². The van der Waals surface area contributed by atoms with Crippen molar-refractivity contribution >= 4 is 17.8 Å². The Balaban J connectivity index is 1.74. The fourth-order valence-corrected chi connectivity index (χ4v) is 2.79. The number of esters is 1. The van der Waals surface area contributed by atoms with Crippen LogP contribution < -0.4 is 5.32 Å². The number of phenolic OH excluding ortho intramolecular Hbond substituents is 1. The van der Waals surface area contributed by atoms with Gasteiger partial charge in [-0.15, -0.1) is 0 Å². The Morgan fingerprint density at radius 2 is 1.96 bits per heavy atom. The standard InChI is InChI=1S/C18H24N2O5/c1-2-25-17(23)7-6-16(22)20-10-8-14(9-11-20)19-18(24)13-4-3-5-15(21)12-13/h3-5,12,14,21H,2,6-11H2,1H3,(H,19,24). The van der Waals surface area contributed by atoms with E-state index in [-0.39, 0.29) is 42.4 Å². The molecule has 1 aromatic carbocycles. The molecule has 0 atom stereocenters. The molecule has 1 aliphatic rings. The van der Waals surface area contributed by atoms with E-state index in [2.05, 4.69) is 5.32 Å². The van der Waals surface area contributed by atoms with Crippen molar-refractivity contribution in [3.05, 3.63) is 29.8 Å². The van der Waals surface area contributed by atoms with Gasteiger partial charge in [0.25, 0.3) is 5.91 Å². The van der Waals surface area contributed by atoms with Crippen LogP contribution in [-0.2, 0) is 14.3 Å². The second-order valence-electron chi connectivity index (χ2n) is 5.98. The molecular formula is C18H24N2O5. The summed E-state index contributed by atoms with van der Waals surface area (Å²) >= 11 is 0. The lowest BCUT2D eigenvalue weighted by Crippen LogP contribution is -2.46. The summed E-state index contributed by atoms with van der Waals surface area (Å²) in [4.78, 5) is 37.3. The summed E-state index contributed by atoms with van der Waals surface area (Å²) in [5.74, 6) is -0.604. The van der Waals surface area contributed by atoms with E-state index in [1.54, 1.807) is 24.0 Å². The quantitative estimate of drug-likeness (QED) is 0.759. The van der Waals surface area contributed by atoms with Crippen LogP contribution in [0.2, 0.25) is 0 Å². The third-order valence-electron chi connectivity index (χ3n) is 4.14. The van der Waals surface area contributed by atoms with Gasteiger partial charge in [-0.2, -0.15) is 0 Å². The molecule has 2 N–H and O–H groups in total. The topological polar surface area (TPSA) is 95.9 Å². The van der Waals surface area contributed by atoms with Gasteiger partial charge in [0.1, 0.15) is 5.75 Å². The number of carbonyl (C=O) groups is 3. The Labute approximate surface area is 147 Å². The minimum atomic E-state index is -0.357. The summed E-state index contributed by atoms with van der Waals surface area (Å²) in [6.07, 6.45) is 1.57. The highest BCUT2D eigenvalue weighted by atomic mass is 16.5. The Bertz CT molecular complexity index is 624. The van der Waals surface area contributed by atoms with Crippen LogP contribution in [0.5, 0.6) is 5.75 Å². The van der Waals surface area contributed by atoms with Crippen molar-refractivity contribution in [3.8, 4) is 5.75 Å². The van der Waals surface area contributed by atoms with Crippen molar-refractivity contribution in [2.75, 3.05) is 19.7 Å². The molecule has 7 heteroatoms. The van der Waals surface area contributed by atoms with Gasteiger partial charge < -0.3 is 20.1 Å². The first-order chi connectivity index (χ1) is 12.0. The number of nitrogens with zero attached hydrogens (tertiary/aromatic N) is 1. The average molecular weight is 348 g/mol. The van der Waals surface area contributed by atoms with E-state index in [0.717, 1.165) is 0 Å². The van der Waals surface area contributed by atoms with Crippen molar-refractivity contribution in [3.63, 3.8) is 0 Å². The molecule has 7 nitrogen and oxygen atoms in total. The molecular weight excluding hydrogens is 324 g/mol. The summed E-state index contributed by atoms with van der Waals surface area (Å²) in [5, 5.41) is 12.4. The lowest BCUT2D eigenvalue weighted by molar-refractivity contribution is -0.145. The minimum Gasteiger partial charge on any atom is -0.508 e. The molecule has 0 saturated carbocycles. The Hall–Kier alpha value is -2.57. The van der Waals surface area contributed by atoms with Crippen molar-refractivity contribution < 1.29 is 24.2 Å². The molecule has 0 spiro atoms. The van der Waals surface area contributed by atoms with Crippen LogP contribution in [0, 0.1) is 0 Å². The summed E-state index contributed by atoms with van der Waals surface area (Å²) in [6, 6.07) is 6.18. The number of benzene rings is 1. The number of carbonyl (C=O) groups excluding carboxylic acids is 3. The summed E-state index contributed by atoms with van der Waals surface area (Å²) in [6.45, 7) is 3.15. The number of nitrogens with one attached hydrogen (secondary N) is 1. The summed E-state index contributed by atoms with van der Waals surface area (Å²) < 4.78 is 4.82. The van der Waals surface area contributed by atoms with Crippen LogP contribution >= 0.6 is 0 Å². The zero-order valence-corrected chi connectivity index (χ0v) is 14.4. The minimum absolute atomic E-state index is 0.0102. The highest BCUT2D eigenvalue weighted by Gasteiger charge is 2.24. The molecule has 0 bridgehead atoms. The molecule has 136 valence electrons. The zero-order valence-electron chi connectivity index (χ0n) is 14.4. The maximum atomic E-state index is 12.2. The van der Waals surface area contributed by atoms with Crippen LogP contribution in [0.15, 0.2) is 24.3 Å².